The number of hydrogen-bond donors (Lipinski definition) is 3. The number of aliphatic hydroxyl groups is 2. The number of carbonyl (C=O) groups is 2. The summed E-state index contributed by atoms with van der Waals surface area (Å²) in [6.45, 7) is 21.1. The molecule has 0 saturated carbocycles. The molecule has 0 bridgehead atoms. The summed E-state index contributed by atoms with van der Waals surface area (Å²) in [6, 6.07) is -0.242. The molecule has 302 valence electrons. The molecule has 2 saturated heterocycles. The predicted molar refractivity (Wildman–Crippen MR) is 196 cm³/mol. The molecule has 0 aliphatic carbocycles. The average molecular weight is 743 g/mol. The highest BCUT2D eigenvalue weighted by Gasteiger charge is 2.52. The van der Waals surface area contributed by atoms with Gasteiger partial charge in [-0.2, -0.15) is 0 Å². The second-order valence-corrected chi connectivity index (χ2v) is 16.4. The Morgan fingerprint density at radius 3 is 2.31 bits per heavy atom. The molecule has 13 nitrogen and oxygen atoms in total. The summed E-state index contributed by atoms with van der Waals surface area (Å²) in [5.41, 5.74) is -1.47. The van der Waals surface area contributed by atoms with E-state index in [4.69, 9.17) is 33.2 Å². The van der Waals surface area contributed by atoms with Gasteiger partial charge in [-0.25, -0.2) is 0 Å². The van der Waals surface area contributed by atoms with Gasteiger partial charge in [0.05, 0.1) is 35.9 Å². The summed E-state index contributed by atoms with van der Waals surface area (Å²) in [7, 11) is 5.38. The zero-order valence-electron chi connectivity index (χ0n) is 34.2. The van der Waals surface area contributed by atoms with Crippen LogP contribution in [0.4, 0.5) is 0 Å². The number of rotatable bonds is 8. The Hall–Kier alpha value is -1.68. The number of aliphatic hydroxyl groups excluding tert-OH is 1. The van der Waals surface area contributed by atoms with Crippen molar-refractivity contribution in [2.75, 3.05) is 27.7 Å². The largest absolute Gasteiger partial charge is 0.458 e. The molecule has 0 aromatic rings. The number of nitrogens with one attached hydrogen (secondary N) is 1. The predicted octanol–water partition coefficient (Wildman–Crippen LogP) is 3.96. The van der Waals surface area contributed by atoms with Crippen molar-refractivity contribution in [2.24, 2.45) is 17.8 Å². The van der Waals surface area contributed by atoms with Gasteiger partial charge in [-0.05, 0) is 93.3 Å². The maximum absolute atomic E-state index is 14.2. The van der Waals surface area contributed by atoms with Gasteiger partial charge in [-0.1, -0.05) is 26.8 Å². The van der Waals surface area contributed by atoms with Crippen molar-refractivity contribution < 1.29 is 53.0 Å². The van der Waals surface area contributed by atoms with Gasteiger partial charge >= 0.3 is 11.9 Å². The van der Waals surface area contributed by atoms with Gasteiger partial charge in [0.1, 0.15) is 17.8 Å². The second kappa shape index (κ2) is 18.8. The maximum atomic E-state index is 14.2. The zero-order valence-corrected chi connectivity index (χ0v) is 34.2. The first-order valence-electron chi connectivity index (χ1n) is 19.2. The highest BCUT2D eigenvalue weighted by atomic mass is 16.7. The highest BCUT2D eigenvalue weighted by Crippen LogP contribution is 2.40. The molecule has 52 heavy (non-hydrogen) atoms. The Bertz CT molecular complexity index is 1200. The molecule has 0 aromatic heterocycles. The quantitative estimate of drug-likeness (QED) is 0.243. The molecule has 0 spiro atoms. The normalized spacial score (nSPS) is 45.9. The van der Waals surface area contributed by atoms with Gasteiger partial charge in [0.25, 0.3) is 0 Å². The molecular formula is C39H70N2O11. The van der Waals surface area contributed by atoms with E-state index in [1.165, 1.54) is 6.92 Å². The van der Waals surface area contributed by atoms with Crippen molar-refractivity contribution in [1.82, 2.24) is 10.2 Å². The van der Waals surface area contributed by atoms with Crippen LogP contribution in [0.5, 0.6) is 0 Å². The van der Waals surface area contributed by atoms with E-state index in [-0.39, 0.29) is 30.5 Å². The number of nitrogens with zero attached hydrogens (tertiary/aromatic N) is 1. The van der Waals surface area contributed by atoms with Crippen molar-refractivity contribution in [1.29, 1.82) is 0 Å². The van der Waals surface area contributed by atoms with Gasteiger partial charge in [-0.15, -0.1) is 0 Å². The summed E-state index contributed by atoms with van der Waals surface area (Å²) < 4.78 is 43.8. The van der Waals surface area contributed by atoms with E-state index in [1.807, 2.05) is 41.7 Å². The first-order chi connectivity index (χ1) is 24.2. The molecule has 0 unspecified atom stereocenters. The number of carbonyl (C=O) groups excluding carboxylic acids is 2. The lowest BCUT2D eigenvalue weighted by atomic mass is 9.77. The lowest BCUT2D eigenvalue weighted by Gasteiger charge is -2.49. The van der Waals surface area contributed by atoms with E-state index >= 15 is 0 Å². The Morgan fingerprint density at radius 1 is 1.08 bits per heavy atom. The van der Waals surface area contributed by atoms with Crippen LogP contribution in [-0.2, 0) is 42.7 Å². The van der Waals surface area contributed by atoms with E-state index < -0.39 is 84.2 Å². The van der Waals surface area contributed by atoms with Crippen LogP contribution in [0.2, 0.25) is 0 Å². The standard InChI is InChI=1S/C39H70N2O11/c1-15-30-22(3)16-23(4)41(13)20-21(2)18-38(10,45)34(52-37-32(43)29(40-12)17-24(5)47-37)25(6)33(26(7)36(44)50-30)51-31-19-39(11,46-14)35(27(8)48-31)49-28(9)42/h16,21,23-27,29-35,37,40,43,45H,15,17-20H2,1-14H3/b22-16+/t21-,23-,24-,25+,26-,27+,29+,30-,31+,32-,33+,34-,35+,37+,38-,39-/m1/s1. The van der Waals surface area contributed by atoms with E-state index in [0.29, 0.717) is 25.8 Å². The van der Waals surface area contributed by atoms with Crippen LogP contribution in [0, 0.1) is 17.8 Å². The van der Waals surface area contributed by atoms with Gasteiger partial charge in [0, 0.05) is 45.0 Å². The van der Waals surface area contributed by atoms with Crippen molar-refractivity contribution >= 4 is 11.9 Å². The summed E-state index contributed by atoms with van der Waals surface area (Å²) >= 11 is 0. The molecular weight excluding hydrogens is 672 g/mol. The Labute approximate surface area is 312 Å². The Balaban J connectivity index is 2.14. The Kier molecular flexibility index (Phi) is 16.1. The number of hydrogen-bond acceptors (Lipinski definition) is 13. The smallest absolute Gasteiger partial charge is 0.311 e. The van der Waals surface area contributed by atoms with Crippen LogP contribution in [0.3, 0.4) is 0 Å². The summed E-state index contributed by atoms with van der Waals surface area (Å²) in [5, 5.41) is 27.0. The minimum atomic E-state index is -1.47. The molecule has 2 fully saturated rings. The van der Waals surface area contributed by atoms with Gasteiger partial charge in [0.15, 0.2) is 18.7 Å². The minimum absolute atomic E-state index is 0.0283. The van der Waals surface area contributed by atoms with Crippen molar-refractivity contribution in [2.45, 2.75) is 180 Å². The molecule has 0 aromatic carbocycles. The fourth-order valence-electron chi connectivity index (χ4n) is 8.50. The topological polar surface area (TPSA) is 154 Å². The fraction of sp³-hybridized carbons (Fsp3) is 0.897. The SMILES string of the molecule is CC[C@H]1OC(=O)[C@H](C)[C@@H](O[C@H]2C[C@@](C)(OC)[C@@H](OC(C)=O)[C@H](C)O2)[C@H](C)[C@@H](O[C@@H]2O[C@H](C)C[C@H](NC)[C@H]2O)[C@](C)(O)C[C@@H](C)CN(C)[C@H](C)/C=C/1C. The molecule has 13 heteroatoms. The van der Waals surface area contributed by atoms with Gasteiger partial charge in [-0.3, -0.25) is 14.5 Å². The van der Waals surface area contributed by atoms with Crippen LogP contribution < -0.4 is 5.32 Å². The maximum Gasteiger partial charge on any atom is 0.311 e. The Morgan fingerprint density at radius 2 is 1.73 bits per heavy atom. The molecule has 0 amide bonds. The van der Waals surface area contributed by atoms with Crippen molar-refractivity contribution in [3.63, 3.8) is 0 Å². The third-order valence-electron chi connectivity index (χ3n) is 11.5. The lowest BCUT2D eigenvalue weighted by Crippen LogP contribution is -2.61. The molecule has 3 N–H and O–H groups in total. The van der Waals surface area contributed by atoms with Crippen LogP contribution in [-0.4, -0.2) is 133 Å². The van der Waals surface area contributed by atoms with Crippen molar-refractivity contribution in [3.05, 3.63) is 11.6 Å². The molecule has 3 heterocycles. The zero-order chi connectivity index (χ0) is 39.3. The monoisotopic (exact) mass is 742 g/mol. The van der Waals surface area contributed by atoms with E-state index in [2.05, 4.69) is 30.1 Å². The van der Waals surface area contributed by atoms with Gasteiger partial charge in [0.2, 0.25) is 0 Å². The molecule has 3 aliphatic rings. The number of ether oxygens (including phenoxy) is 7. The lowest BCUT2D eigenvalue weighted by molar-refractivity contribution is -0.316. The van der Waals surface area contributed by atoms with Crippen LogP contribution in [0.25, 0.3) is 0 Å². The molecule has 0 radical (unpaired) electrons. The first kappa shape index (κ1) is 44.7. The third kappa shape index (κ3) is 11.0. The summed E-state index contributed by atoms with van der Waals surface area (Å²) in [5.74, 6) is -2.40. The fourth-order valence-corrected chi connectivity index (χ4v) is 8.50. The summed E-state index contributed by atoms with van der Waals surface area (Å²) in [6.07, 6.45) is -2.99. The number of methoxy groups -OCH3 is 1. The number of esters is 2. The van der Waals surface area contributed by atoms with Crippen LogP contribution >= 0.6 is 0 Å². The molecule has 3 aliphatic heterocycles. The minimum Gasteiger partial charge on any atom is -0.458 e. The number of cyclic esters (lactones) is 1. The van der Waals surface area contributed by atoms with E-state index in [9.17, 15) is 19.8 Å². The number of likely N-dealkylation sites (N-methyl/N-ethyl adjacent to an activating group) is 2. The third-order valence-corrected chi connectivity index (χ3v) is 11.5. The van der Waals surface area contributed by atoms with E-state index in [1.54, 1.807) is 34.9 Å². The molecule has 16 atom stereocenters. The van der Waals surface area contributed by atoms with Crippen LogP contribution in [0.1, 0.15) is 102 Å². The summed E-state index contributed by atoms with van der Waals surface area (Å²) in [4.78, 5) is 28.4. The second-order valence-electron chi connectivity index (χ2n) is 16.4. The van der Waals surface area contributed by atoms with Crippen molar-refractivity contribution in [3.8, 4) is 0 Å². The highest BCUT2D eigenvalue weighted by molar-refractivity contribution is 5.73. The van der Waals surface area contributed by atoms with Gasteiger partial charge < -0.3 is 48.7 Å². The molecule has 3 rings (SSSR count). The van der Waals surface area contributed by atoms with Crippen LogP contribution in [0.15, 0.2) is 11.6 Å². The van der Waals surface area contributed by atoms with E-state index in [0.717, 1.165) is 5.57 Å². The average Bonchev–Trinajstić information content (AvgIpc) is 3.06. The first-order valence-corrected chi connectivity index (χ1v) is 19.2.